The Hall–Kier alpha value is -1.04. The topological polar surface area (TPSA) is 0 Å². The van der Waals surface area contributed by atoms with E-state index in [1.165, 1.54) is 29.5 Å². The van der Waals surface area contributed by atoms with Crippen LogP contribution in [0.4, 0.5) is 0 Å². The van der Waals surface area contributed by atoms with E-state index in [0.717, 1.165) is 6.42 Å². The lowest BCUT2D eigenvalue weighted by Gasteiger charge is -2.04. The molecule has 0 spiro atoms. The molecule has 1 aliphatic carbocycles. The minimum absolute atomic E-state index is 1.15. The average Bonchev–Trinajstić information content (AvgIpc) is 2.25. The van der Waals surface area contributed by atoms with Gasteiger partial charge < -0.3 is 0 Å². The van der Waals surface area contributed by atoms with Crippen LogP contribution < -0.4 is 0 Å². The van der Waals surface area contributed by atoms with Gasteiger partial charge in [-0.2, -0.15) is 0 Å². The van der Waals surface area contributed by atoms with E-state index in [0.29, 0.717) is 0 Å². The van der Waals surface area contributed by atoms with Gasteiger partial charge in [-0.3, -0.25) is 0 Å². The first-order valence-corrected chi connectivity index (χ1v) is 4.58. The largest absolute Gasteiger partial charge is 0.0849 e. The minimum Gasteiger partial charge on any atom is -0.0849 e. The number of rotatable bonds is 0. The molecule has 1 aliphatic rings. The van der Waals surface area contributed by atoms with Gasteiger partial charge in [0.05, 0.1) is 0 Å². The molecule has 0 atom stereocenters. The van der Waals surface area contributed by atoms with Crippen molar-refractivity contribution in [2.24, 2.45) is 0 Å². The zero-order valence-corrected chi connectivity index (χ0v) is 7.51. The maximum Gasteiger partial charge on any atom is -0.00672 e. The fourth-order valence-corrected chi connectivity index (χ4v) is 1.82. The van der Waals surface area contributed by atoms with Crippen LogP contribution in [0.2, 0.25) is 0 Å². The fourth-order valence-electron chi connectivity index (χ4n) is 1.82. The van der Waals surface area contributed by atoms with Crippen molar-refractivity contribution in [2.45, 2.75) is 26.2 Å². The molecule has 0 saturated heterocycles. The van der Waals surface area contributed by atoms with Gasteiger partial charge in [-0.25, -0.2) is 0 Å². The van der Waals surface area contributed by atoms with Gasteiger partial charge in [-0.1, -0.05) is 35.9 Å². The van der Waals surface area contributed by atoms with Gasteiger partial charge >= 0.3 is 0 Å². The number of benzene rings is 1. The summed E-state index contributed by atoms with van der Waals surface area (Å²) in [6.07, 6.45) is 5.94. The zero-order chi connectivity index (χ0) is 8.39. The Kier molecular flexibility index (Phi) is 1.99. The summed E-state index contributed by atoms with van der Waals surface area (Å²) in [5, 5.41) is 0. The Morgan fingerprint density at radius 2 is 1.83 bits per heavy atom. The molecule has 12 heavy (non-hydrogen) atoms. The summed E-state index contributed by atoms with van der Waals surface area (Å²) in [6.45, 7) is 2.22. The summed E-state index contributed by atoms with van der Waals surface area (Å²) in [6, 6.07) is 8.77. The van der Waals surface area contributed by atoms with Gasteiger partial charge in [-0.05, 0) is 37.3 Å². The molecular formula is C12H14. The first-order valence-electron chi connectivity index (χ1n) is 4.58. The Morgan fingerprint density at radius 1 is 1.08 bits per heavy atom. The summed E-state index contributed by atoms with van der Waals surface area (Å²) >= 11 is 0. The lowest BCUT2D eigenvalue weighted by Crippen LogP contribution is -1.90. The van der Waals surface area contributed by atoms with Crippen LogP contribution in [0.1, 0.15) is 24.5 Å². The summed E-state index contributed by atoms with van der Waals surface area (Å²) in [7, 11) is 0. The van der Waals surface area contributed by atoms with E-state index in [4.69, 9.17) is 0 Å². The second-order valence-corrected chi connectivity index (χ2v) is 3.53. The Balaban J connectivity index is 2.38. The lowest BCUT2D eigenvalue weighted by molar-refractivity contribution is 1.000. The highest BCUT2D eigenvalue weighted by molar-refractivity contribution is 5.32. The SMILES string of the molecule is CC1=CCCc2ccccc2C1. The molecule has 0 nitrogen and oxygen atoms in total. The molecule has 0 heterocycles. The third-order valence-electron chi connectivity index (χ3n) is 2.49. The second kappa shape index (κ2) is 3.14. The van der Waals surface area contributed by atoms with Crippen LogP contribution in [0.15, 0.2) is 35.9 Å². The van der Waals surface area contributed by atoms with Crippen molar-refractivity contribution in [2.75, 3.05) is 0 Å². The van der Waals surface area contributed by atoms with Crippen LogP contribution >= 0.6 is 0 Å². The normalized spacial score (nSPS) is 16.2. The second-order valence-electron chi connectivity index (χ2n) is 3.53. The molecule has 1 aromatic carbocycles. The van der Waals surface area contributed by atoms with Crippen LogP contribution in [0.5, 0.6) is 0 Å². The molecular weight excluding hydrogens is 144 g/mol. The third-order valence-corrected chi connectivity index (χ3v) is 2.49. The molecule has 62 valence electrons. The van der Waals surface area contributed by atoms with Crippen molar-refractivity contribution in [3.63, 3.8) is 0 Å². The molecule has 0 aliphatic heterocycles. The zero-order valence-electron chi connectivity index (χ0n) is 7.51. The van der Waals surface area contributed by atoms with Crippen molar-refractivity contribution in [3.05, 3.63) is 47.0 Å². The molecule has 0 fully saturated rings. The van der Waals surface area contributed by atoms with Gasteiger partial charge in [0.1, 0.15) is 0 Å². The van der Waals surface area contributed by atoms with Crippen molar-refractivity contribution < 1.29 is 0 Å². The predicted molar refractivity (Wildman–Crippen MR) is 52.2 cm³/mol. The Labute approximate surface area is 73.9 Å². The first kappa shape index (κ1) is 7.60. The number of allylic oxidation sites excluding steroid dienone is 2. The van der Waals surface area contributed by atoms with E-state index in [1.54, 1.807) is 0 Å². The highest BCUT2D eigenvalue weighted by atomic mass is 14.1. The monoisotopic (exact) mass is 158 g/mol. The van der Waals surface area contributed by atoms with Gasteiger partial charge in [0, 0.05) is 0 Å². The summed E-state index contributed by atoms with van der Waals surface area (Å²) in [4.78, 5) is 0. The first-order chi connectivity index (χ1) is 5.86. The molecule has 0 unspecified atom stereocenters. The molecule has 0 saturated carbocycles. The molecule has 2 rings (SSSR count). The van der Waals surface area contributed by atoms with Crippen molar-refractivity contribution in [1.82, 2.24) is 0 Å². The maximum absolute atomic E-state index is 2.36. The Morgan fingerprint density at radius 3 is 2.67 bits per heavy atom. The minimum atomic E-state index is 1.15. The lowest BCUT2D eigenvalue weighted by atomic mass is 10.0. The van der Waals surface area contributed by atoms with E-state index in [9.17, 15) is 0 Å². The highest BCUT2D eigenvalue weighted by Crippen LogP contribution is 2.19. The molecule has 0 heteroatoms. The van der Waals surface area contributed by atoms with E-state index < -0.39 is 0 Å². The van der Waals surface area contributed by atoms with Crippen molar-refractivity contribution >= 4 is 0 Å². The third kappa shape index (κ3) is 1.42. The van der Waals surface area contributed by atoms with E-state index in [2.05, 4.69) is 37.3 Å². The number of hydrogen-bond donors (Lipinski definition) is 0. The molecule has 0 N–H and O–H groups in total. The predicted octanol–water partition coefficient (Wildman–Crippen LogP) is 3.12. The van der Waals surface area contributed by atoms with Gasteiger partial charge in [0.25, 0.3) is 0 Å². The van der Waals surface area contributed by atoms with Gasteiger partial charge in [-0.15, -0.1) is 0 Å². The van der Waals surface area contributed by atoms with E-state index in [-0.39, 0.29) is 0 Å². The quantitative estimate of drug-likeness (QED) is 0.509. The molecule has 0 amide bonds. The van der Waals surface area contributed by atoms with Gasteiger partial charge in [0.2, 0.25) is 0 Å². The van der Waals surface area contributed by atoms with E-state index in [1.807, 2.05) is 0 Å². The van der Waals surface area contributed by atoms with Crippen LogP contribution in [0.3, 0.4) is 0 Å². The van der Waals surface area contributed by atoms with Crippen LogP contribution in [-0.2, 0) is 12.8 Å². The summed E-state index contributed by atoms with van der Waals surface area (Å²) < 4.78 is 0. The van der Waals surface area contributed by atoms with Crippen LogP contribution in [0.25, 0.3) is 0 Å². The summed E-state index contributed by atoms with van der Waals surface area (Å²) in [5.74, 6) is 0. The fraction of sp³-hybridized carbons (Fsp3) is 0.333. The van der Waals surface area contributed by atoms with Gasteiger partial charge in [0.15, 0.2) is 0 Å². The molecule has 1 aromatic rings. The van der Waals surface area contributed by atoms with Crippen molar-refractivity contribution in [1.29, 1.82) is 0 Å². The number of hydrogen-bond acceptors (Lipinski definition) is 0. The van der Waals surface area contributed by atoms with E-state index >= 15 is 0 Å². The molecule has 0 aromatic heterocycles. The standard InChI is InChI=1S/C12H14/c1-10-5-4-8-11-6-2-3-7-12(11)9-10/h2-3,5-7H,4,8-9H2,1H3. The number of aryl methyl sites for hydroxylation is 1. The average molecular weight is 158 g/mol. The summed E-state index contributed by atoms with van der Waals surface area (Å²) in [5.41, 5.74) is 4.56. The maximum atomic E-state index is 2.36. The Bertz CT molecular complexity index is 308. The van der Waals surface area contributed by atoms with Crippen molar-refractivity contribution in [3.8, 4) is 0 Å². The van der Waals surface area contributed by atoms with Crippen LogP contribution in [-0.4, -0.2) is 0 Å². The molecule has 0 bridgehead atoms. The number of fused-ring (bicyclic) bond motifs is 1. The highest BCUT2D eigenvalue weighted by Gasteiger charge is 2.05. The molecule has 0 radical (unpaired) electrons. The smallest absolute Gasteiger partial charge is 0.00672 e. The van der Waals surface area contributed by atoms with Crippen LogP contribution in [0, 0.1) is 0 Å².